The second-order valence-corrected chi connectivity index (χ2v) is 7.48. The zero-order valence-electron chi connectivity index (χ0n) is 15.2. The topological polar surface area (TPSA) is 49.8 Å². The summed E-state index contributed by atoms with van der Waals surface area (Å²) in [5.41, 5.74) is 2.40. The van der Waals surface area contributed by atoms with Crippen LogP contribution >= 0.6 is 11.8 Å². The molecule has 1 atom stereocenters. The molecule has 2 aromatic rings. The van der Waals surface area contributed by atoms with Gasteiger partial charge in [-0.25, -0.2) is 0 Å². The number of methoxy groups -OCH3 is 1. The van der Waals surface area contributed by atoms with Crippen molar-refractivity contribution >= 4 is 17.7 Å². The third kappa shape index (κ3) is 4.22. The molecule has 0 aromatic heterocycles. The summed E-state index contributed by atoms with van der Waals surface area (Å²) in [5.74, 6) is -0.0587. The molecule has 0 spiro atoms. The zero-order valence-corrected chi connectivity index (χ0v) is 16.0. The van der Waals surface area contributed by atoms with Crippen LogP contribution in [0.2, 0.25) is 0 Å². The highest BCUT2D eigenvalue weighted by atomic mass is 32.2. The summed E-state index contributed by atoms with van der Waals surface area (Å²) < 4.78 is 5.41. The first-order valence-corrected chi connectivity index (χ1v) is 10.1. The number of carboxylic acid groups (broad SMARTS) is 1. The quantitative estimate of drug-likeness (QED) is 0.767. The van der Waals surface area contributed by atoms with Crippen LogP contribution in [0.15, 0.2) is 53.4 Å². The van der Waals surface area contributed by atoms with Crippen molar-refractivity contribution in [2.24, 2.45) is 5.92 Å². The molecule has 1 fully saturated rings. The van der Waals surface area contributed by atoms with Crippen LogP contribution in [0.4, 0.5) is 0 Å². The molecule has 0 aliphatic carbocycles. The number of carbonyl (C=O) groups is 1. The fourth-order valence-electron chi connectivity index (χ4n) is 3.62. The van der Waals surface area contributed by atoms with Gasteiger partial charge in [-0.3, -0.25) is 9.69 Å². The van der Waals surface area contributed by atoms with Gasteiger partial charge in [0.15, 0.2) is 0 Å². The van der Waals surface area contributed by atoms with Crippen molar-refractivity contribution in [1.29, 1.82) is 0 Å². The zero-order chi connectivity index (χ0) is 18.5. The SMILES string of the molecule is COc1cccc(C(c2ccc(SC)cc2)N2CCC(C(=O)O)CC2)c1. The average Bonchev–Trinajstić information content (AvgIpc) is 2.69. The van der Waals surface area contributed by atoms with Crippen molar-refractivity contribution in [2.45, 2.75) is 23.8 Å². The lowest BCUT2D eigenvalue weighted by Crippen LogP contribution is -2.39. The first kappa shape index (κ1) is 18.8. The highest BCUT2D eigenvalue weighted by molar-refractivity contribution is 7.98. The predicted molar refractivity (Wildman–Crippen MR) is 105 cm³/mol. The van der Waals surface area contributed by atoms with E-state index in [2.05, 4.69) is 47.6 Å². The van der Waals surface area contributed by atoms with Gasteiger partial charge in [-0.05, 0) is 67.6 Å². The standard InChI is InChI=1S/C21H25NO3S/c1-25-18-5-3-4-17(14-18)20(15-6-8-19(26-2)9-7-15)22-12-10-16(11-13-22)21(23)24/h3-9,14,16,20H,10-13H2,1-2H3,(H,23,24). The van der Waals surface area contributed by atoms with Crippen molar-refractivity contribution in [3.8, 4) is 5.75 Å². The monoisotopic (exact) mass is 371 g/mol. The molecule has 5 heteroatoms. The fraction of sp³-hybridized carbons (Fsp3) is 0.381. The summed E-state index contributed by atoms with van der Waals surface area (Å²) in [4.78, 5) is 14.9. The highest BCUT2D eigenvalue weighted by Crippen LogP contribution is 2.34. The lowest BCUT2D eigenvalue weighted by molar-refractivity contribution is -0.143. The van der Waals surface area contributed by atoms with Gasteiger partial charge in [0.2, 0.25) is 0 Å². The molecule has 1 aliphatic rings. The Kier molecular flexibility index (Phi) is 6.22. The van der Waals surface area contributed by atoms with Gasteiger partial charge in [-0.15, -0.1) is 11.8 Å². The summed E-state index contributed by atoms with van der Waals surface area (Å²) >= 11 is 1.73. The van der Waals surface area contributed by atoms with E-state index in [1.807, 2.05) is 12.1 Å². The van der Waals surface area contributed by atoms with E-state index in [0.717, 1.165) is 18.8 Å². The highest BCUT2D eigenvalue weighted by Gasteiger charge is 2.30. The molecular weight excluding hydrogens is 346 g/mol. The summed E-state index contributed by atoms with van der Waals surface area (Å²) in [6.45, 7) is 1.56. The number of nitrogens with zero attached hydrogens (tertiary/aromatic N) is 1. The average molecular weight is 372 g/mol. The Hall–Kier alpha value is -1.98. The molecular formula is C21H25NO3S. The predicted octanol–water partition coefficient (Wildman–Crippen LogP) is 4.30. The second-order valence-electron chi connectivity index (χ2n) is 6.60. The Morgan fingerprint density at radius 3 is 2.42 bits per heavy atom. The van der Waals surface area contributed by atoms with Gasteiger partial charge in [-0.1, -0.05) is 24.3 Å². The van der Waals surface area contributed by atoms with Crippen LogP contribution in [0.5, 0.6) is 5.75 Å². The molecule has 4 nitrogen and oxygen atoms in total. The van der Waals surface area contributed by atoms with Gasteiger partial charge in [-0.2, -0.15) is 0 Å². The van der Waals surface area contributed by atoms with Gasteiger partial charge in [0.25, 0.3) is 0 Å². The lowest BCUT2D eigenvalue weighted by atomic mass is 9.91. The normalized spacial score (nSPS) is 17.0. The fourth-order valence-corrected chi connectivity index (χ4v) is 4.02. The number of aliphatic carboxylic acids is 1. The van der Waals surface area contributed by atoms with Crippen LogP contribution in [0.1, 0.15) is 30.0 Å². The van der Waals surface area contributed by atoms with Crippen molar-refractivity contribution in [3.05, 3.63) is 59.7 Å². The maximum atomic E-state index is 11.3. The summed E-state index contributed by atoms with van der Waals surface area (Å²) in [6.07, 6.45) is 3.46. The van der Waals surface area contributed by atoms with Gasteiger partial charge in [0, 0.05) is 4.90 Å². The minimum Gasteiger partial charge on any atom is -0.497 e. The van der Waals surface area contributed by atoms with Crippen molar-refractivity contribution in [2.75, 3.05) is 26.5 Å². The number of rotatable bonds is 6. The molecule has 1 N–H and O–H groups in total. The second kappa shape index (κ2) is 8.60. The van der Waals surface area contributed by atoms with Gasteiger partial charge >= 0.3 is 5.97 Å². The van der Waals surface area contributed by atoms with Gasteiger partial charge in [0.05, 0.1) is 19.1 Å². The Labute approximate surface area is 159 Å². The van der Waals surface area contributed by atoms with Crippen LogP contribution in [-0.4, -0.2) is 42.4 Å². The largest absolute Gasteiger partial charge is 0.497 e. The Morgan fingerprint density at radius 2 is 1.85 bits per heavy atom. The van der Waals surface area contributed by atoms with E-state index in [0.29, 0.717) is 12.8 Å². The third-order valence-electron chi connectivity index (χ3n) is 5.09. The Bertz CT molecular complexity index is 739. The number of benzene rings is 2. The smallest absolute Gasteiger partial charge is 0.306 e. The lowest BCUT2D eigenvalue weighted by Gasteiger charge is -2.37. The van der Waals surface area contributed by atoms with Gasteiger partial charge < -0.3 is 9.84 Å². The number of hydrogen-bond acceptors (Lipinski definition) is 4. The summed E-state index contributed by atoms with van der Waals surface area (Å²) in [7, 11) is 1.68. The molecule has 1 saturated heterocycles. The number of likely N-dealkylation sites (tertiary alicyclic amines) is 1. The molecule has 0 radical (unpaired) electrons. The molecule has 26 heavy (non-hydrogen) atoms. The molecule has 3 rings (SSSR count). The molecule has 1 heterocycles. The Balaban J connectivity index is 1.92. The number of carboxylic acids is 1. The van der Waals surface area contributed by atoms with E-state index in [1.54, 1.807) is 18.9 Å². The number of hydrogen-bond donors (Lipinski definition) is 1. The first-order chi connectivity index (χ1) is 12.6. The van der Waals surface area contributed by atoms with E-state index in [-0.39, 0.29) is 12.0 Å². The van der Waals surface area contributed by atoms with Crippen LogP contribution in [0, 0.1) is 5.92 Å². The van der Waals surface area contributed by atoms with E-state index < -0.39 is 5.97 Å². The molecule has 138 valence electrons. The molecule has 0 saturated carbocycles. The van der Waals surface area contributed by atoms with Crippen molar-refractivity contribution in [1.82, 2.24) is 4.90 Å². The van der Waals surface area contributed by atoms with E-state index >= 15 is 0 Å². The number of piperidine rings is 1. The van der Waals surface area contributed by atoms with E-state index in [9.17, 15) is 9.90 Å². The number of ether oxygens (including phenoxy) is 1. The van der Waals surface area contributed by atoms with Crippen LogP contribution in [-0.2, 0) is 4.79 Å². The van der Waals surface area contributed by atoms with Crippen molar-refractivity contribution < 1.29 is 14.6 Å². The molecule has 2 aromatic carbocycles. The van der Waals surface area contributed by atoms with E-state index in [1.165, 1.54) is 16.0 Å². The minimum absolute atomic E-state index is 0.107. The minimum atomic E-state index is -0.674. The molecule has 0 bridgehead atoms. The van der Waals surface area contributed by atoms with E-state index in [4.69, 9.17) is 4.74 Å². The maximum absolute atomic E-state index is 11.3. The molecule has 1 unspecified atom stereocenters. The summed E-state index contributed by atoms with van der Waals surface area (Å²) in [6, 6.07) is 16.9. The summed E-state index contributed by atoms with van der Waals surface area (Å²) in [5, 5.41) is 9.29. The van der Waals surface area contributed by atoms with Gasteiger partial charge in [0.1, 0.15) is 5.75 Å². The third-order valence-corrected chi connectivity index (χ3v) is 5.83. The maximum Gasteiger partial charge on any atom is 0.306 e. The Morgan fingerprint density at radius 1 is 1.15 bits per heavy atom. The van der Waals surface area contributed by atoms with Crippen LogP contribution < -0.4 is 4.74 Å². The van der Waals surface area contributed by atoms with Crippen molar-refractivity contribution in [3.63, 3.8) is 0 Å². The molecule has 1 aliphatic heterocycles. The number of thioether (sulfide) groups is 1. The van der Waals surface area contributed by atoms with Crippen LogP contribution in [0.3, 0.4) is 0 Å². The first-order valence-electron chi connectivity index (χ1n) is 8.87. The molecule has 0 amide bonds. The van der Waals surface area contributed by atoms with Crippen LogP contribution in [0.25, 0.3) is 0 Å².